The summed E-state index contributed by atoms with van der Waals surface area (Å²) >= 11 is 0. The predicted molar refractivity (Wildman–Crippen MR) is 76.0 cm³/mol. The molecule has 1 saturated heterocycles. The topological polar surface area (TPSA) is 75.3 Å². The van der Waals surface area contributed by atoms with Crippen LogP contribution in [-0.4, -0.2) is 34.3 Å². The Kier molecular flexibility index (Phi) is 3.21. The molecule has 1 aromatic carbocycles. The first-order chi connectivity index (χ1) is 9.29. The summed E-state index contributed by atoms with van der Waals surface area (Å²) in [5.74, 6) is 1.15. The van der Waals surface area contributed by atoms with E-state index in [4.69, 9.17) is 5.73 Å². The van der Waals surface area contributed by atoms with Crippen molar-refractivity contribution in [2.45, 2.75) is 25.3 Å². The molecule has 2 aromatic rings. The number of nitrogen functional groups attached to an aromatic ring is 1. The maximum absolute atomic E-state index is 9.50. The van der Waals surface area contributed by atoms with Crippen LogP contribution in [0.1, 0.15) is 19.3 Å². The molecule has 1 aliphatic rings. The number of rotatable bonds is 2. The lowest BCUT2D eigenvalue weighted by atomic mass is 10.0. The Bertz CT molecular complexity index is 587. The molecule has 2 heterocycles. The number of hydrogen-bond acceptors (Lipinski definition) is 5. The van der Waals surface area contributed by atoms with E-state index in [9.17, 15) is 5.11 Å². The van der Waals surface area contributed by atoms with Gasteiger partial charge >= 0.3 is 0 Å². The van der Waals surface area contributed by atoms with Crippen molar-refractivity contribution >= 4 is 22.7 Å². The third-order valence-electron chi connectivity index (χ3n) is 3.69. The van der Waals surface area contributed by atoms with Crippen LogP contribution >= 0.6 is 0 Å². The van der Waals surface area contributed by atoms with Crippen LogP contribution in [0.25, 0.3) is 11.0 Å². The van der Waals surface area contributed by atoms with Gasteiger partial charge in [-0.25, -0.2) is 9.97 Å². The van der Waals surface area contributed by atoms with E-state index in [0.29, 0.717) is 11.6 Å². The fourth-order valence-electron chi connectivity index (χ4n) is 2.68. The summed E-state index contributed by atoms with van der Waals surface area (Å²) in [6, 6.07) is 7.81. The Morgan fingerprint density at radius 2 is 1.95 bits per heavy atom. The number of fused-ring (bicyclic) bond motifs is 1. The molecule has 0 amide bonds. The highest BCUT2D eigenvalue weighted by atomic mass is 16.3. The lowest BCUT2D eigenvalue weighted by Gasteiger charge is -2.35. The number of anilines is 2. The second kappa shape index (κ2) is 5.01. The molecule has 0 radical (unpaired) electrons. The molecule has 19 heavy (non-hydrogen) atoms. The zero-order chi connectivity index (χ0) is 13.2. The molecule has 0 aliphatic carbocycles. The SMILES string of the molecule is Nc1nc2ccccc2nc1N1CCCC[C@@H]1CO. The van der Waals surface area contributed by atoms with Crippen molar-refractivity contribution in [1.82, 2.24) is 9.97 Å². The first-order valence-corrected chi connectivity index (χ1v) is 6.69. The van der Waals surface area contributed by atoms with Crippen LogP contribution in [0, 0.1) is 0 Å². The van der Waals surface area contributed by atoms with Gasteiger partial charge in [-0.2, -0.15) is 0 Å². The van der Waals surface area contributed by atoms with Crippen molar-refractivity contribution in [3.8, 4) is 0 Å². The maximum Gasteiger partial charge on any atom is 0.172 e. The average Bonchev–Trinajstić information content (AvgIpc) is 2.46. The molecule has 1 atom stereocenters. The minimum Gasteiger partial charge on any atom is -0.394 e. The molecule has 0 spiro atoms. The molecule has 1 aromatic heterocycles. The second-order valence-electron chi connectivity index (χ2n) is 4.95. The highest BCUT2D eigenvalue weighted by molar-refractivity contribution is 5.79. The van der Waals surface area contributed by atoms with E-state index in [0.717, 1.165) is 36.8 Å². The van der Waals surface area contributed by atoms with Crippen LogP contribution < -0.4 is 10.6 Å². The predicted octanol–water partition coefficient (Wildman–Crippen LogP) is 1.56. The lowest BCUT2D eigenvalue weighted by molar-refractivity contribution is 0.239. The zero-order valence-electron chi connectivity index (χ0n) is 10.8. The summed E-state index contributed by atoms with van der Waals surface area (Å²) in [7, 11) is 0. The van der Waals surface area contributed by atoms with Gasteiger partial charge in [-0.15, -0.1) is 0 Å². The normalized spacial score (nSPS) is 19.8. The zero-order valence-corrected chi connectivity index (χ0v) is 10.8. The largest absolute Gasteiger partial charge is 0.394 e. The van der Waals surface area contributed by atoms with Gasteiger partial charge in [0, 0.05) is 6.54 Å². The van der Waals surface area contributed by atoms with E-state index in [2.05, 4.69) is 14.9 Å². The Balaban J connectivity index is 2.05. The Morgan fingerprint density at radius 1 is 1.21 bits per heavy atom. The van der Waals surface area contributed by atoms with E-state index >= 15 is 0 Å². The van der Waals surface area contributed by atoms with Gasteiger partial charge in [0.25, 0.3) is 0 Å². The van der Waals surface area contributed by atoms with Gasteiger partial charge in [-0.05, 0) is 31.4 Å². The summed E-state index contributed by atoms with van der Waals surface area (Å²) in [5.41, 5.74) is 7.69. The van der Waals surface area contributed by atoms with Crippen LogP contribution in [0.3, 0.4) is 0 Å². The van der Waals surface area contributed by atoms with Gasteiger partial charge in [0.2, 0.25) is 0 Å². The van der Waals surface area contributed by atoms with E-state index in [1.54, 1.807) is 0 Å². The van der Waals surface area contributed by atoms with E-state index in [-0.39, 0.29) is 12.6 Å². The van der Waals surface area contributed by atoms with Crippen molar-refractivity contribution in [1.29, 1.82) is 0 Å². The molecular weight excluding hydrogens is 240 g/mol. The summed E-state index contributed by atoms with van der Waals surface area (Å²) in [6.45, 7) is 1.01. The van der Waals surface area contributed by atoms with E-state index in [1.165, 1.54) is 0 Å². The molecule has 0 bridgehead atoms. The van der Waals surface area contributed by atoms with Crippen molar-refractivity contribution in [2.24, 2.45) is 0 Å². The molecule has 0 unspecified atom stereocenters. The number of benzene rings is 1. The number of aliphatic hydroxyl groups excluding tert-OH is 1. The minimum absolute atomic E-state index is 0.103. The van der Waals surface area contributed by atoms with Crippen LogP contribution in [-0.2, 0) is 0 Å². The van der Waals surface area contributed by atoms with Crippen molar-refractivity contribution in [3.05, 3.63) is 24.3 Å². The van der Waals surface area contributed by atoms with Gasteiger partial charge in [-0.1, -0.05) is 12.1 Å². The number of nitrogens with two attached hydrogens (primary N) is 1. The molecule has 1 fully saturated rings. The van der Waals surface area contributed by atoms with E-state index in [1.807, 2.05) is 24.3 Å². The Hall–Kier alpha value is -1.88. The van der Waals surface area contributed by atoms with E-state index < -0.39 is 0 Å². The van der Waals surface area contributed by atoms with Crippen LogP contribution in [0.4, 0.5) is 11.6 Å². The highest BCUT2D eigenvalue weighted by Crippen LogP contribution is 2.28. The average molecular weight is 258 g/mol. The first-order valence-electron chi connectivity index (χ1n) is 6.69. The third-order valence-corrected chi connectivity index (χ3v) is 3.69. The molecule has 1 aliphatic heterocycles. The highest BCUT2D eigenvalue weighted by Gasteiger charge is 2.25. The lowest BCUT2D eigenvalue weighted by Crippen LogP contribution is -2.42. The number of aliphatic hydroxyl groups is 1. The number of hydrogen-bond donors (Lipinski definition) is 2. The number of aromatic nitrogens is 2. The Morgan fingerprint density at radius 3 is 2.68 bits per heavy atom. The fourth-order valence-corrected chi connectivity index (χ4v) is 2.68. The molecule has 100 valence electrons. The summed E-state index contributed by atoms with van der Waals surface area (Å²) in [5, 5.41) is 9.50. The maximum atomic E-state index is 9.50. The molecule has 3 N–H and O–H groups in total. The molecule has 5 heteroatoms. The van der Waals surface area contributed by atoms with Crippen molar-refractivity contribution < 1.29 is 5.11 Å². The molecule has 3 rings (SSSR count). The smallest absolute Gasteiger partial charge is 0.172 e. The van der Waals surface area contributed by atoms with Gasteiger partial charge in [0.05, 0.1) is 23.7 Å². The quantitative estimate of drug-likeness (QED) is 0.855. The summed E-state index contributed by atoms with van der Waals surface area (Å²) in [6.07, 6.45) is 3.22. The number of piperidine rings is 1. The fraction of sp³-hybridized carbons (Fsp3) is 0.429. The molecular formula is C14H18N4O. The van der Waals surface area contributed by atoms with Crippen molar-refractivity contribution in [3.63, 3.8) is 0 Å². The van der Waals surface area contributed by atoms with Crippen LogP contribution in [0.15, 0.2) is 24.3 Å². The second-order valence-corrected chi connectivity index (χ2v) is 4.95. The van der Waals surface area contributed by atoms with Gasteiger partial charge in [0.15, 0.2) is 11.6 Å². The van der Waals surface area contributed by atoms with Crippen LogP contribution in [0.5, 0.6) is 0 Å². The number of para-hydroxylation sites is 2. The Labute approximate surface area is 112 Å². The van der Waals surface area contributed by atoms with Crippen molar-refractivity contribution in [2.75, 3.05) is 23.8 Å². The van der Waals surface area contributed by atoms with Gasteiger partial charge in [-0.3, -0.25) is 0 Å². The molecule has 5 nitrogen and oxygen atoms in total. The molecule has 0 saturated carbocycles. The standard InChI is InChI=1S/C14H18N4O/c15-13-14(18-8-4-3-5-10(18)9-19)17-12-7-2-1-6-11(12)16-13/h1-2,6-7,10,19H,3-5,8-9H2,(H2,15,16)/t10-/m1/s1. The van der Waals surface area contributed by atoms with Crippen LogP contribution in [0.2, 0.25) is 0 Å². The third kappa shape index (κ3) is 2.21. The first kappa shape index (κ1) is 12.2. The summed E-state index contributed by atoms with van der Waals surface area (Å²) in [4.78, 5) is 11.1. The van der Waals surface area contributed by atoms with Gasteiger partial charge < -0.3 is 15.7 Å². The summed E-state index contributed by atoms with van der Waals surface area (Å²) < 4.78 is 0. The van der Waals surface area contributed by atoms with Gasteiger partial charge in [0.1, 0.15) is 0 Å². The monoisotopic (exact) mass is 258 g/mol. The minimum atomic E-state index is 0.103. The number of nitrogens with zero attached hydrogens (tertiary/aromatic N) is 3.